The summed E-state index contributed by atoms with van der Waals surface area (Å²) in [5.41, 5.74) is 0. The lowest BCUT2D eigenvalue weighted by molar-refractivity contribution is -0.142. The molecule has 7 nitrogen and oxygen atoms in total. The summed E-state index contributed by atoms with van der Waals surface area (Å²) in [6.45, 7) is 3.65. The van der Waals surface area contributed by atoms with Gasteiger partial charge in [-0.1, -0.05) is 5.16 Å². The molecule has 0 N–H and O–H groups in total. The molecule has 2 fully saturated rings. The molecule has 122 valence electrons. The largest absolute Gasteiger partial charge is 0.464 e. The van der Waals surface area contributed by atoms with Crippen molar-refractivity contribution in [2.45, 2.75) is 44.6 Å². The summed E-state index contributed by atoms with van der Waals surface area (Å²) in [7, 11) is 1.89. The Kier molecular flexibility index (Phi) is 4.39. The van der Waals surface area contributed by atoms with Crippen LogP contribution in [0.3, 0.4) is 0 Å². The van der Waals surface area contributed by atoms with E-state index >= 15 is 0 Å². The maximum Gasteiger partial charge on any atom is 0.323 e. The van der Waals surface area contributed by atoms with E-state index in [0.29, 0.717) is 50.8 Å². The highest BCUT2D eigenvalue weighted by Crippen LogP contribution is 2.24. The monoisotopic (exact) mass is 312 g/mol. The number of cyclic esters (lactones) is 1. The summed E-state index contributed by atoms with van der Waals surface area (Å²) in [5, 5.41) is 3.87. The number of carbonyl (C=O) groups excluding carboxylic acids is 1. The topological polar surface area (TPSA) is 71.7 Å². The lowest BCUT2D eigenvalue weighted by Gasteiger charge is -2.29. The number of likely N-dealkylation sites (tertiary alicyclic amines) is 1. The Labute approximate surface area is 128 Å². The molecular weight excluding hydrogens is 291 g/mol. The first kappa shape index (κ1) is 15.4. The number of halogens is 1. The first-order valence-electron chi connectivity index (χ1n) is 7.57. The molecule has 22 heavy (non-hydrogen) atoms. The zero-order chi connectivity index (χ0) is 15.7. The van der Waals surface area contributed by atoms with E-state index < -0.39 is 6.17 Å². The van der Waals surface area contributed by atoms with Crippen molar-refractivity contribution in [2.24, 2.45) is 0 Å². The molecule has 1 aromatic rings. The van der Waals surface area contributed by atoms with Crippen LogP contribution in [0.25, 0.3) is 0 Å². The minimum absolute atomic E-state index is 0.0345. The number of hydrogen-bond acceptors (Lipinski definition) is 7. The second kappa shape index (κ2) is 6.29. The predicted molar refractivity (Wildman–Crippen MR) is 74.7 cm³/mol. The summed E-state index contributed by atoms with van der Waals surface area (Å²) < 4.78 is 23.8. The fraction of sp³-hybridized carbons (Fsp3) is 0.786. The summed E-state index contributed by atoms with van der Waals surface area (Å²) in [4.78, 5) is 19.8. The zero-order valence-electron chi connectivity index (χ0n) is 12.9. The van der Waals surface area contributed by atoms with E-state index in [9.17, 15) is 9.18 Å². The zero-order valence-corrected chi connectivity index (χ0v) is 12.9. The van der Waals surface area contributed by atoms with Crippen LogP contribution in [-0.2, 0) is 16.1 Å². The van der Waals surface area contributed by atoms with Gasteiger partial charge in [-0.25, -0.2) is 4.39 Å². The van der Waals surface area contributed by atoms with Gasteiger partial charge in [0.25, 0.3) is 0 Å². The third-order valence-electron chi connectivity index (χ3n) is 4.33. The van der Waals surface area contributed by atoms with Gasteiger partial charge in [-0.15, -0.1) is 0 Å². The van der Waals surface area contributed by atoms with Gasteiger partial charge in [0.15, 0.2) is 5.82 Å². The average molecular weight is 312 g/mol. The Morgan fingerprint density at radius 3 is 2.95 bits per heavy atom. The summed E-state index contributed by atoms with van der Waals surface area (Å²) in [6.07, 6.45) is 0.301. The second-order valence-electron chi connectivity index (χ2n) is 6.06. The number of aromatic nitrogens is 2. The maximum atomic E-state index is 13.8. The summed E-state index contributed by atoms with van der Waals surface area (Å²) >= 11 is 0. The minimum atomic E-state index is -0.859. The Hall–Kier alpha value is -1.54. The van der Waals surface area contributed by atoms with E-state index in [-0.39, 0.29) is 18.1 Å². The molecule has 2 saturated heterocycles. The van der Waals surface area contributed by atoms with Crippen molar-refractivity contribution in [1.82, 2.24) is 19.9 Å². The normalized spacial score (nSPS) is 29.5. The molecule has 3 atom stereocenters. The number of likely N-dealkylation sites (N-methyl/N-ethyl adjacent to an activating group) is 1. The lowest BCUT2D eigenvalue weighted by atomic mass is 10.1. The molecule has 0 radical (unpaired) electrons. The Morgan fingerprint density at radius 1 is 1.50 bits per heavy atom. The van der Waals surface area contributed by atoms with Crippen molar-refractivity contribution in [3.8, 4) is 0 Å². The number of aryl methyl sites for hydroxylation is 1. The number of ether oxygens (including phenoxy) is 1. The fourth-order valence-corrected chi connectivity index (χ4v) is 3.24. The quantitative estimate of drug-likeness (QED) is 0.735. The highest BCUT2D eigenvalue weighted by molar-refractivity contribution is 5.77. The smallest absolute Gasteiger partial charge is 0.323 e. The van der Waals surface area contributed by atoms with Crippen LogP contribution < -0.4 is 0 Å². The third kappa shape index (κ3) is 3.27. The number of carbonyl (C=O) groups is 1. The van der Waals surface area contributed by atoms with Gasteiger partial charge < -0.3 is 9.26 Å². The average Bonchev–Trinajstić information content (AvgIpc) is 3.13. The van der Waals surface area contributed by atoms with E-state index in [1.54, 1.807) is 6.92 Å². The van der Waals surface area contributed by atoms with Crippen molar-refractivity contribution in [3.05, 3.63) is 11.7 Å². The number of esters is 1. The number of hydrogen-bond donors (Lipinski definition) is 0. The van der Waals surface area contributed by atoms with Crippen molar-refractivity contribution < 1.29 is 18.4 Å². The van der Waals surface area contributed by atoms with Gasteiger partial charge in [-0.05, 0) is 13.5 Å². The van der Waals surface area contributed by atoms with E-state index in [0.717, 1.165) is 0 Å². The highest BCUT2D eigenvalue weighted by Gasteiger charge is 2.37. The lowest BCUT2D eigenvalue weighted by Crippen LogP contribution is -2.44. The van der Waals surface area contributed by atoms with Gasteiger partial charge in [0, 0.05) is 32.5 Å². The molecule has 3 rings (SSSR count). The van der Waals surface area contributed by atoms with Crippen molar-refractivity contribution in [3.63, 3.8) is 0 Å². The van der Waals surface area contributed by atoms with E-state index in [4.69, 9.17) is 9.26 Å². The molecule has 0 amide bonds. The molecule has 2 aliphatic heterocycles. The molecule has 0 unspecified atom stereocenters. The number of alkyl halides is 1. The molecule has 0 aliphatic carbocycles. The van der Waals surface area contributed by atoms with Gasteiger partial charge in [0.2, 0.25) is 5.89 Å². The predicted octanol–water partition coefficient (Wildman–Crippen LogP) is 0.538. The second-order valence-corrected chi connectivity index (χ2v) is 6.06. The standard InChI is InChI=1S/C14H21FN4O3/c1-9-16-13(17-22-9)8-19-6-10(15)5-11(19)7-18(2)12-3-4-21-14(12)20/h10-12H,3-8H2,1-2H3/t10-,11-,12-/m0/s1. The number of nitrogens with zero attached hydrogens (tertiary/aromatic N) is 4. The van der Waals surface area contributed by atoms with Gasteiger partial charge >= 0.3 is 5.97 Å². The first-order valence-corrected chi connectivity index (χ1v) is 7.57. The van der Waals surface area contributed by atoms with Crippen LogP contribution in [0.1, 0.15) is 24.6 Å². The van der Waals surface area contributed by atoms with Crippen molar-refractivity contribution in [1.29, 1.82) is 0 Å². The number of rotatable bonds is 5. The minimum Gasteiger partial charge on any atom is -0.464 e. The molecule has 8 heteroatoms. The molecule has 0 spiro atoms. The third-order valence-corrected chi connectivity index (χ3v) is 4.33. The van der Waals surface area contributed by atoms with Crippen LogP contribution in [0.15, 0.2) is 4.52 Å². The molecule has 0 bridgehead atoms. The van der Waals surface area contributed by atoms with Crippen LogP contribution in [0, 0.1) is 6.92 Å². The van der Waals surface area contributed by atoms with Crippen LogP contribution in [-0.4, -0.2) is 70.9 Å². The molecule has 1 aromatic heterocycles. The molecule has 0 aromatic carbocycles. The van der Waals surface area contributed by atoms with Crippen LogP contribution >= 0.6 is 0 Å². The molecule has 3 heterocycles. The van der Waals surface area contributed by atoms with Gasteiger partial charge in [0.05, 0.1) is 13.2 Å². The maximum absolute atomic E-state index is 13.8. The van der Waals surface area contributed by atoms with Crippen LogP contribution in [0.4, 0.5) is 4.39 Å². The molecule has 2 aliphatic rings. The Balaban J connectivity index is 1.61. The van der Waals surface area contributed by atoms with Gasteiger partial charge in [-0.3, -0.25) is 14.6 Å². The Morgan fingerprint density at radius 2 is 2.32 bits per heavy atom. The summed E-state index contributed by atoms with van der Waals surface area (Å²) in [6, 6.07) is -0.180. The Bertz CT molecular complexity index is 538. The van der Waals surface area contributed by atoms with Crippen LogP contribution in [0.5, 0.6) is 0 Å². The molecular formula is C14H21FN4O3. The fourth-order valence-electron chi connectivity index (χ4n) is 3.24. The SMILES string of the molecule is Cc1nc(CN2C[C@@H](F)C[C@H]2CN(C)[C@H]2CCOC2=O)no1. The van der Waals surface area contributed by atoms with E-state index in [2.05, 4.69) is 10.1 Å². The van der Waals surface area contributed by atoms with Crippen molar-refractivity contribution in [2.75, 3.05) is 26.7 Å². The van der Waals surface area contributed by atoms with Gasteiger partial charge in [-0.2, -0.15) is 4.98 Å². The van der Waals surface area contributed by atoms with E-state index in [1.165, 1.54) is 0 Å². The van der Waals surface area contributed by atoms with Gasteiger partial charge in [0.1, 0.15) is 12.2 Å². The molecule has 0 saturated carbocycles. The van der Waals surface area contributed by atoms with E-state index in [1.807, 2.05) is 16.8 Å². The summed E-state index contributed by atoms with van der Waals surface area (Å²) in [5.74, 6) is 0.894. The van der Waals surface area contributed by atoms with Crippen LogP contribution in [0.2, 0.25) is 0 Å². The first-order chi connectivity index (χ1) is 10.5. The highest BCUT2D eigenvalue weighted by atomic mass is 19.1. The van der Waals surface area contributed by atoms with Crippen molar-refractivity contribution >= 4 is 5.97 Å².